The molecule has 294 valence electrons. The van der Waals surface area contributed by atoms with Crippen LogP contribution in [0.3, 0.4) is 0 Å². The number of rotatable bonds is 13. The van der Waals surface area contributed by atoms with Crippen molar-refractivity contribution in [3.63, 3.8) is 0 Å². The normalized spacial score (nSPS) is 24.7. The lowest BCUT2D eigenvalue weighted by Crippen LogP contribution is -2.57. The summed E-state index contributed by atoms with van der Waals surface area (Å²) in [6, 6.07) is 14.1. The maximum atomic E-state index is 13.7. The van der Waals surface area contributed by atoms with E-state index in [1.807, 2.05) is 6.07 Å². The number of fused-ring (bicyclic) bond motifs is 3. The fourth-order valence-corrected chi connectivity index (χ4v) is 8.74. The van der Waals surface area contributed by atoms with Crippen molar-refractivity contribution in [3.05, 3.63) is 93.5 Å². The van der Waals surface area contributed by atoms with Crippen molar-refractivity contribution < 1.29 is 67.1 Å². The molecule has 3 aromatic carbocycles. The van der Waals surface area contributed by atoms with Gasteiger partial charge in [0.15, 0.2) is 23.6 Å². The number of Topliss-reactive ketones (excluding diaryl/α,β-unsaturated/α-hetero) is 1. The highest BCUT2D eigenvalue weighted by molar-refractivity contribution is 7.53. The van der Waals surface area contributed by atoms with Gasteiger partial charge in [0.05, 0.1) is 42.6 Å². The second-order valence-corrected chi connectivity index (χ2v) is 15.7. The maximum absolute atomic E-state index is 13.7. The molecule has 1 aliphatic heterocycles. The van der Waals surface area contributed by atoms with E-state index in [4.69, 9.17) is 28.0 Å². The number of ether oxygens (including phenoxy) is 4. The molecule has 55 heavy (non-hydrogen) atoms. The molecule has 15 nitrogen and oxygen atoms in total. The molecule has 1 saturated heterocycles. The summed E-state index contributed by atoms with van der Waals surface area (Å²) in [5, 5.41) is 37.7. The number of hydrogen-bond donors (Lipinski definition) is 4. The minimum atomic E-state index is -3.70. The summed E-state index contributed by atoms with van der Waals surface area (Å²) >= 11 is 0. The van der Waals surface area contributed by atoms with Crippen molar-refractivity contribution in [2.24, 2.45) is 0 Å². The van der Waals surface area contributed by atoms with Gasteiger partial charge in [-0.25, -0.2) is 4.79 Å². The monoisotopic (exact) mass is 781 g/mol. The van der Waals surface area contributed by atoms with Gasteiger partial charge in [0, 0.05) is 41.5 Å². The van der Waals surface area contributed by atoms with E-state index >= 15 is 0 Å². The SMILES string of the molecule is CCOP(=O)(CO[C@H]1[C@@H](NC(=O)OCc2ccccc2)C[C@H](O[C@H]2C[C@](O)(C(C)=O)Cc3c(O)c4c(c(O)c32)C(=O)c2ccccc2C4=O)O[C@H]1C)OCC. The predicted octanol–water partition coefficient (Wildman–Crippen LogP) is 5.24. The van der Waals surface area contributed by atoms with Crippen LogP contribution >= 0.6 is 7.60 Å². The molecule has 1 heterocycles. The number of aromatic hydroxyl groups is 2. The summed E-state index contributed by atoms with van der Waals surface area (Å²) in [6.07, 6.45) is -6.71. The van der Waals surface area contributed by atoms with Gasteiger partial charge in [0.2, 0.25) is 0 Å². The number of aliphatic hydroxyl groups is 1. The highest BCUT2D eigenvalue weighted by Crippen LogP contribution is 2.52. The Kier molecular flexibility index (Phi) is 11.9. The predicted molar refractivity (Wildman–Crippen MR) is 194 cm³/mol. The zero-order valence-corrected chi connectivity index (χ0v) is 31.7. The highest BCUT2D eigenvalue weighted by atomic mass is 31.2. The summed E-state index contributed by atoms with van der Waals surface area (Å²) in [6.45, 7) is 6.24. The lowest BCUT2D eigenvalue weighted by atomic mass is 9.72. The Labute approximate surface area is 317 Å². The number of carbonyl (C=O) groups excluding carboxylic acids is 4. The summed E-state index contributed by atoms with van der Waals surface area (Å²) in [7, 11) is -3.70. The van der Waals surface area contributed by atoms with E-state index in [-0.39, 0.29) is 48.5 Å². The second kappa shape index (κ2) is 16.3. The molecule has 6 rings (SSSR count). The van der Waals surface area contributed by atoms with Gasteiger partial charge in [-0.3, -0.25) is 18.9 Å². The van der Waals surface area contributed by atoms with Gasteiger partial charge in [-0.1, -0.05) is 54.6 Å². The zero-order valence-electron chi connectivity index (χ0n) is 30.8. The first-order valence-electron chi connectivity index (χ1n) is 18.0. The topological polar surface area (TPSA) is 213 Å². The van der Waals surface area contributed by atoms with Crippen molar-refractivity contribution in [1.82, 2.24) is 5.32 Å². The van der Waals surface area contributed by atoms with E-state index in [2.05, 4.69) is 5.32 Å². The molecule has 0 unspecified atom stereocenters. The van der Waals surface area contributed by atoms with Gasteiger partial charge >= 0.3 is 13.7 Å². The van der Waals surface area contributed by atoms with Crippen LogP contribution in [-0.2, 0) is 50.4 Å². The number of benzene rings is 3. The largest absolute Gasteiger partial charge is 0.507 e. The van der Waals surface area contributed by atoms with Crippen molar-refractivity contribution in [3.8, 4) is 11.5 Å². The van der Waals surface area contributed by atoms with E-state index in [0.29, 0.717) is 0 Å². The van der Waals surface area contributed by atoms with Gasteiger partial charge in [0.25, 0.3) is 0 Å². The van der Waals surface area contributed by atoms with Gasteiger partial charge < -0.3 is 48.6 Å². The average molecular weight is 782 g/mol. The number of phenols is 2. The number of amides is 1. The first-order chi connectivity index (χ1) is 26.2. The van der Waals surface area contributed by atoms with Gasteiger partial charge in [0.1, 0.15) is 36.2 Å². The third kappa shape index (κ3) is 8.10. The number of nitrogens with one attached hydrogen (secondary N) is 1. The molecule has 0 radical (unpaired) electrons. The maximum Gasteiger partial charge on any atom is 0.407 e. The van der Waals surface area contributed by atoms with E-state index < -0.39 is 109 Å². The quantitative estimate of drug-likeness (QED) is 0.101. The lowest BCUT2D eigenvalue weighted by molar-refractivity contribution is -0.253. The van der Waals surface area contributed by atoms with Gasteiger partial charge in [-0.05, 0) is 33.3 Å². The zero-order chi connectivity index (χ0) is 39.7. The van der Waals surface area contributed by atoms with Gasteiger partial charge in [-0.2, -0.15) is 0 Å². The van der Waals surface area contributed by atoms with Crippen molar-refractivity contribution in [2.45, 2.75) is 89.8 Å². The molecule has 3 aromatic rings. The highest BCUT2D eigenvalue weighted by Gasteiger charge is 2.50. The number of ketones is 3. The Morgan fingerprint density at radius 1 is 0.945 bits per heavy atom. The van der Waals surface area contributed by atoms with Crippen molar-refractivity contribution >= 4 is 31.0 Å². The third-order valence-electron chi connectivity index (χ3n) is 10.0. The van der Waals surface area contributed by atoms with Crippen LogP contribution in [0.1, 0.15) is 95.2 Å². The van der Waals surface area contributed by atoms with Crippen LogP contribution in [0.5, 0.6) is 11.5 Å². The summed E-state index contributed by atoms with van der Waals surface area (Å²) in [5.41, 5.74) is -2.42. The van der Waals surface area contributed by atoms with Crippen LogP contribution in [0, 0.1) is 0 Å². The van der Waals surface area contributed by atoms with E-state index in [1.54, 1.807) is 57.2 Å². The molecule has 1 fully saturated rings. The van der Waals surface area contributed by atoms with E-state index in [9.17, 15) is 39.1 Å². The molecule has 0 bridgehead atoms. The molecule has 0 aromatic heterocycles. The standard InChI is InChI=1S/C39H44NO14P/c1-5-51-55(48,52-6-2)20-50-37-21(3)53-29(16-27(37)40-38(46)49-19-23-12-8-7-9-13-23)54-28-18-39(47,22(4)41)17-26-30(28)36(45)32-31(35(26)44)33(42)24-14-10-11-15-25(24)34(32)43/h7-15,21,27-29,37,44-45,47H,5-6,16-20H2,1-4H3,(H,40,46)/t21-,27-,28-,29-,37+,39-/m0/s1. The Morgan fingerprint density at radius 3 is 2.15 bits per heavy atom. The molecule has 6 atom stereocenters. The molecule has 2 aliphatic carbocycles. The van der Waals surface area contributed by atoms with Crippen molar-refractivity contribution in [2.75, 3.05) is 19.6 Å². The van der Waals surface area contributed by atoms with E-state index in [1.165, 1.54) is 12.1 Å². The third-order valence-corrected chi connectivity index (χ3v) is 11.8. The minimum absolute atomic E-state index is 0.0289. The Morgan fingerprint density at radius 2 is 1.55 bits per heavy atom. The molecule has 1 amide bonds. The summed E-state index contributed by atoms with van der Waals surface area (Å²) in [5.74, 6) is -3.39. The summed E-state index contributed by atoms with van der Waals surface area (Å²) in [4.78, 5) is 53.4. The summed E-state index contributed by atoms with van der Waals surface area (Å²) < 4.78 is 48.2. The second-order valence-electron chi connectivity index (χ2n) is 13.7. The first kappa shape index (κ1) is 40.2. The van der Waals surface area contributed by atoms with Crippen LogP contribution in [0.2, 0.25) is 0 Å². The molecule has 0 saturated carbocycles. The number of phenolic OH excluding ortho intramolecular Hbond substituents is 2. The smallest absolute Gasteiger partial charge is 0.407 e. The van der Waals surface area contributed by atoms with Crippen LogP contribution in [0.15, 0.2) is 54.6 Å². The first-order valence-corrected chi connectivity index (χ1v) is 19.7. The van der Waals surface area contributed by atoms with Crippen LogP contribution in [0.25, 0.3) is 0 Å². The molecule has 3 aliphatic rings. The van der Waals surface area contributed by atoms with Gasteiger partial charge in [-0.15, -0.1) is 0 Å². The van der Waals surface area contributed by atoms with Crippen LogP contribution in [0.4, 0.5) is 4.79 Å². The van der Waals surface area contributed by atoms with E-state index in [0.717, 1.165) is 12.5 Å². The number of carbonyl (C=O) groups is 4. The molecule has 0 spiro atoms. The lowest BCUT2D eigenvalue weighted by Gasteiger charge is -2.43. The van der Waals surface area contributed by atoms with Crippen LogP contribution in [-0.4, -0.2) is 88.5 Å². The molecular formula is C39H44NO14P. The number of hydrogen-bond acceptors (Lipinski definition) is 14. The fourth-order valence-electron chi connectivity index (χ4n) is 7.37. The van der Waals surface area contributed by atoms with Crippen LogP contribution < -0.4 is 5.32 Å². The Bertz CT molecular complexity index is 2010. The molecule has 4 N–H and O–H groups in total. The molecular weight excluding hydrogens is 737 g/mol. The average Bonchev–Trinajstić information content (AvgIpc) is 3.14. The Hall–Kier alpha value is -4.47. The number of alkyl carbamates (subject to hydrolysis) is 1. The Balaban J connectivity index is 1.32. The van der Waals surface area contributed by atoms with Crippen molar-refractivity contribution in [1.29, 1.82) is 0 Å². The molecule has 16 heteroatoms. The minimum Gasteiger partial charge on any atom is -0.507 e. The fraction of sp³-hybridized carbons (Fsp3) is 0.436.